The molecule has 1 aromatic carbocycles. The predicted octanol–water partition coefficient (Wildman–Crippen LogP) is 3.58. The monoisotopic (exact) mass is 261 g/mol. The third-order valence-corrected chi connectivity index (χ3v) is 3.38. The van der Waals surface area contributed by atoms with E-state index in [1.165, 1.54) is 11.1 Å². The van der Waals surface area contributed by atoms with Gasteiger partial charge < -0.3 is 9.64 Å². The van der Waals surface area contributed by atoms with E-state index in [2.05, 4.69) is 31.2 Å². The second-order valence-electron chi connectivity index (χ2n) is 6.28. The molecule has 2 rings (SSSR count). The van der Waals surface area contributed by atoms with Gasteiger partial charge in [0.25, 0.3) is 0 Å². The van der Waals surface area contributed by atoms with Gasteiger partial charge in [0, 0.05) is 13.1 Å². The van der Waals surface area contributed by atoms with Gasteiger partial charge in [-0.3, -0.25) is 0 Å². The molecule has 0 radical (unpaired) electrons. The predicted molar refractivity (Wildman–Crippen MR) is 76.4 cm³/mol. The van der Waals surface area contributed by atoms with E-state index in [9.17, 15) is 4.79 Å². The number of hydrogen-bond acceptors (Lipinski definition) is 2. The molecule has 1 aromatic rings. The standard InChI is InChI=1S/C16H23NO2/c1-12-11-17(15(18)19-16(2,3)4)10-9-13-7-5-6-8-14(12)13/h5-8,12H,9-11H2,1-4H3. The zero-order chi connectivity index (χ0) is 14.0. The molecule has 1 aliphatic heterocycles. The first-order valence-corrected chi connectivity index (χ1v) is 6.92. The zero-order valence-electron chi connectivity index (χ0n) is 12.3. The molecule has 0 saturated carbocycles. The molecule has 1 aliphatic rings. The van der Waals surface area contributed by atoms with Crippen LogP contribution < -0.4 is 0 Å². The topological polar surface area (TPSA) is 29.5 Å². The van der Waals surface area contributed by atoms with Gasteiger partial charge in [0.15, 0.2) is 0 Å². The Labute approximate surface area is 115 Å². The van der Waals surface area contributed by atoms with E-state index in [-0.39, 0.29) is 6.09 Å². The molecule has 0 saturated heterocycles. The number of rotatable bonds is 0. The Morgan fingerprint density at radius 2 is 2.00 bits per heavy atom. The van der Waals surface area contributed by atoms with Gasteiger partial charge >= 0.3 is 6.09 Å². The number of ether oxygens (including phenoxy) is 1. The van der Waals surface area contributed by atoms with Crippen molar-refractivity contribution in [3.8, 4) is 0 Å². The quantitative estimate of drug-likeness (QED) is 0.714. The van der Waals surface area contributed by atoms with E-state index >= 15 is 0 Å². The molecule has 0 aliphatic carbocycles. The molecule has 1 heterocycles. The van der Waals surface area contributed by atoms with Crippen molar-refractivity contribution < 1.29 is 9.53 Å². The molecule has 0 bridgehead atoms. The summed E-state index contributed by atoms with van der Waals surface area (Å²) in [6.45, 7) is 9.34. The molecule has 0 N–H and O–H groups in total. The first-order chi connectivity index (χ1) is 8.87. The molecular formula is C16H23NO2. The van der Waals surface area contributed by atoms with E-state index < -0.39 is 5.60 Å². The molecule has 0 aromatic heterocycles. The van der Waals surface area contributed by atoms with Gasteiger partial charge in [-0.05, 0) is 44.2 Å². The Morgan fingerprint density at radius 1 is 1.32 bits per heavy atom. The van der Waals surface area contributed by atoms with E-state index in [4.69, 9.17) is 4.74 Å². The van der Waals surface area contributed by atoms with Crippen LogP contribution in [0, 0.1) is 0 Å². The van der Waals surface area contributed by atoms with Crippen LogP contribution in [0.3, 0.4) is 0 Å². The Balaban J connectivity index is 2.11. The average Bonchev–Trinajstić information content (AvgIpc) is 2.48. The van der Waals surface area contributed by atoms with Crippen molar-refractivity contribution in [1.82, 2.24) is 4.90 Å². The second-order valence-corrected chi connectivity index (χ2v) is 6.28. The van der Waals surface area contributed by atoms with Crippen LogP contribution in [0.5, 0.6) is 0 Å². The van der Waals surface area contributed by atoms with Crippen LogP contribution in [-0.4, -0.2) is 29.7 Å². The fourth-order valence-electron chi connectivity index (χ4n) is 2.51. The van der Waals surface area contributed by atoms with Gasteiger partial charge in [0.05, 0.1) is 0 Å². The number of hydrogen-bond donors (Lipinski definition) is 0. The maximum absolute atomic E-state index is 12.2. The summed E-state index contributed by atoms with van der Waals surface area (Å²) < 4.78 is 5.47. The van der Waals surface area contributed by atoms with E-state index in [0.29, 0.717) is 5.92 Å². The Bertz CT molecular complexity index is 462. The SMILES string of the molecule is CC1CN(C(=O)OC(C)(C)C)CCc2ccccc21. The van der Waals surface area contributed by atoms with Crippen LogP contribution in [0.25, 0.3) is 0 Å². The highest BCUT2D eigenvalue weighted by molar-refractivity contribution is 5.68. The first kappa shape index (κ1) is 13.9. The summed E-state index contributed by atoms with van der Waals surface area (Å²) in [5.41, 5.74) is 2.27. The van der Waals surface area contributed by atoms with Crippen LogP contribution in [0.4, 0.5) is 4.79 Å². The van der Waals surface area contributed by atoms with Gasteiger partial charge in [-0.1, -0.05) is 31.2 Å². The summed E-state index contributed by atoms with van der Waals surface area (Å²) in [5.74, 6) is 0.353. The van der Waals surface area contributed by atoms with Crippen molar-refractivity contribution in [2.24, 2.45) is 0 Å². The summed E-state index contributed by atoms with van der Waals surface area (Å²) in [7, 11) is 0. The van der Waals surface area contributed by atoms with Gasteiger partial charge in [-0.25, -0.2) is 4.79 Å². The smallest absolute Gasteiger partial charge is 0.410 e. The van der Waals surface area contributed by atoms with Crippen LogP contribution in [0.2, 0.25) is 0 Å². The lowest BCUT2D eigenvalue weighted by Crippen LogP contribution is -2.38. The van der Waals surface area contributed by atoms with Crippen LogP contribution in [0.1, 0.15) is 44.7 Å². The normalized spacial score (nSPS) is 19.6. The number of carbonyl (C=O) groups is 1. The third-order valence-electron chi connectivity index (χ3n) is 3.38. The lowest BCUT2D eigenvalue weighted by Gasteiger charge is -2.27. The number of carbonyl (C=O) groups excluding carboxylic acids is 1. The van der Waals surface area contributed by atoms with Gasteiger partial charge in [-0.2, -0.15) is 0 Å². The lowest BCUT2D eigenvalue weighted by atomic mass is 9.96. The molecule has 1 atom stereocenters. The molecule has 3 nitrogen and oxygen atoms in total. The van der Waals surface area contributed by atoms with Crippen LogP contribution >= 0.6 is 0 Å². The lowest BCUT2D eigenvalue weighted by molar-refractivity contribution is 0.0248. The maximum Gasteiger partial charge on any atom is 0.410 e. The van der Waals surface area contributed by atoms with E-state index in [1.807, 2.05) is 25.7 Å². The maximum atomic E-state index is 12.2. The fourth-order valence-corrected chi connectivity index (χ4v) is 2.51. The molecular weight excluding hydrogens is 238 g/mol. The summed E-state index contributed by atoms with van der Waals surface area (Å²) in [6.07, 6.45) is 0.701. The molecule has 1 amide bonds. The Kier molecular flexibility index (Phi) is 3.83. The molecule has 0 fully saturated rings. The highest BCUT2D eigenvalue weighted by Crippen LogP contribution is 2.25. The fraction of sp³-hybridized carbons (Fsp3) is 0.562. The number of benzene rings is 1. The Morgan fingerprint density at radius 3 is 2.68 bits per heavy atom. The van der Waals surface area contributed by atoms with Gasteiger partial charge in [0.2, 0.25) is 0 Å². The highest BCUT2D eigenvalue weighted by atomic mass is 16.6. The minimum absolute atomic E-state index is 0.202. The van der Waals surface area contributed by atoms with Crippen molar-refractivity contribution in [1.29, 1.82) is 0 Å². The largest absolute Gasteiger partial charge is 0.444 e. The molecule has 3 heteroatoms. The second kappa shape index (κ2) is 5.24. The first-order valence-electron chi connectivity index (χ1n) is 6.92. The third kappa shape index (κ3) is 3.49. The minimum atomic E-state index is -0.431. The average molecular weight is 261 g/mol. The number of amides is 1. The molecule has 0 spiro atoms. The van der Waals surface area contributed by atoms with Crippen molar-refractivity contribution in [3.63, 3.8) is 0 Å². The number of fused-ring (bicyclic) bond motifs is 1. The number of nitrogens with zero attached hydrogens (tertiary/aromatic N) is 1. The van der Waals surface area contributed by atoms with Crippen LogP contribution in [-0.2, 0) is 11.2 Å². The van der Waals surface area contributed by atoms with Crippen molar-refractivity contribution in [2.45, 2.75) is 45.6 Å². The van der Waals surface area contributed by atoms with E-state index in [1.54, 1.807) is 0 Å². The zero-order valence-corrected chi connectivity index (χ0v) is 12.3. The summed E-state index contributed by atoms with van der Waals surface area (Å²) >= 11 is 0. The van der Waals surface area contributed by atoms with Gasteiger partial charge in [-0.15, -0.1) is 0 Å². The summed E-state index contributed by atoms with van der Waals surface area (Å²) in [5, 5.41) is 0. The molecule has 104 valence electrons. The highest BCUT2D eigenvalue weighted by Gasteiger charge is 2.26. The summed E-state index contributed by atoms with van der Waals surface area (Å²) in [4.78, 5) is 14.0. The van der Waals surface area contributed by atoms with Crippen molar-refractivity contribution in [2.75, 3.05) is 13.1 Å². The van der Waals surface area contributed by atoms with Gasteiger partial charge in [0.1, 0.15) is 5.60 Å². The van der Waals surface area contributed by atoms with Crippen molar-refractivity contribution in [3.05, 3.63) is 35.4 Å². The molecule has 1 unspecified atom stereocenters. The minimum Gasteiger partial charge on any atom is -0.444 e. The van der Waals surface area contributed by atoms with Crippen molar-refractivity contribution >= 4 is 6.09 Å². The summed E-state index contributed by atoms with van der Waals surface area (Å²) in [6, 6.07) is 8.45. The Hall–Kier alpha value is -1.51. The van der Waals surface area contributed by atoms with Crippen LogP contribution in [0.15, 0.2) is 24.3 Å². The molecule has 19 heavy (non-hydrogen) atoms. The van der Waals surface area contributed by atoms with E-state index in [0.717, 1.165) is 19.5 Å².